The summed E-state index contributed by atoms with van der Waals surface area (Å²) in [5.41, 5.74) is -0.493. The predicted molar refractivity (Wildman–Crippen MR) is 132 cm³/mol. The molecule has 4 aromatic rings. The molecule has 0 fully saturated rings. The molecule has 0 bridgehead atoms. The molecule has 10 heteroatoms. The Labute approximate surface area is 209 Å². The van der Waals surface area contributed by atoms with Crippen molar-refractivity contribution in [3.8, 4) is 22.9 Å². The number of hydrogen-bond donors (Lipinski definition) is 0. The van der Waals surface area contributed by atoms with Gasteiger partial charge in [-0.05, 0) is 60.2 Å². The average Bonchev–Trinajstić information content (AvgIpc) is 2.86. The van der Waals surface area contributed by atoms with Gasteiger partial charge in [-0.1, -0.05) is 23.7 Å². The third-order valence-corrected chi connectivity index (χ3v) is 5.64. The molecule has 0 radical (unpaired) electrons. The molecule has 1 aromatic heterocycles. The summed E-state index contributed by atoms with van der Waals surface area (Å²) in [4.78, 5) is 17.9. The Balaban J connectivity index is 1.94. The largest absolute Gasteiger partial charge is 0.493 e. The van der Waals surface area contributed by atoms with Gasteiger partial charge in [0.2, 0.25) is 5.75 Å². The number of aromatic nitrogens is 2. The Morgan fingerprint density at radius 1 is 0.917 bits per heavy atom. The van der Waals surface area contributed by atoms with Crippen LogP contribution in [0.4, 0.5) is 13.2 Å². The summed E-state index contributed by atoms with van der Waals surface area (Å²) in [7, 11) is 4.43. The Kier molecular flexibility index (Phi) is 6.94. The van der Waals surface area contributed by atoms with Crippen LogP contribution < -0.4 is 19.8 Å². The Hall–Kier alpha value is -3.98. The first kappa shape index (κ1) is 25.1. The van der Waals surface area contributed by atoms with Gasteiger partial charge in [0.1, 0.15) is 5.82 Å². The van der Waals surface area contributed by atoms with E-state index in [-0.39, 0.29) is 16.9 Å². The lowest BCUT2D eigenvalue weighted by Gasteiger charge is -2.14. The molecule has 1 heterocycles. The van der Waals surface area contributed by atoms with Crippen molar-refractivity contribution in [1.29, 1.82) is 0 Å². The summed E-state index contributed by atoms with van der Waals surface area (Å²) in [6.07, 6.45) is -1.43. The van der Waals surface area contributed by atoms with Crippen LogP contribution in [0.3, 0.4) is 0 Å². The van der Waals surface area contributed by atoms with E-state index < -0.39 is 17.3 Å². The van der Waals surface area contributed by atoms with Crippen LogP contribution in [0, 0.1) is 0 Å². The van der Waals surface area contributed by atoms with E-state index in [0.717, 1.165) is 16.7 Å². The molecule has 186 valence electrons. The van der Waals surface area contributed by atoms with Gasteiger partial charge < -0.3 is 14.2 Å². The molecule has 6 nitrogen and oxygen atoms in total. The molecule has 0 saturated carbocycles. The van der Waals surface area contributed by atoms with Crippen LogP contribution >= 0.6 is 11.6 Å². The van der Waals surface area contributed by atoms with Crippen LogP contribution in [0.1, 0.15) is 17.0 Å². The maximum Gasteiger partial charge on any atom is 0.416 e. The summed E-state index contributed by atoms with van der Waals surface area (Å²) >= 11 is 6.09. The first-order chi connectivity index (χ1) is 17.2. The zero-order valence-corrected chi connectivity index (χ0v) is 20.1. The number of fused-ring (bicyclic) bond motifs is 1. The second kappa shape index (κ2) is 9.94. The van der Waals surface area contributed by atoms with Gasteiger partial charge >= 0.3 is 6.18 Å². The number of alkyl halides is 3. The fraction of sp³-hybridized carbons (Fsp3) is 0.154. The van der Waals surface area contributed by atoms with Crippen molar-refractivity contribution in [3.63, 3.8) is 0 Å². The molecule has 0 aliphatic heterocycles. The number of hydrogen-bond acceptors (Lipinski definition) is 5. The monoisotopic (exact) mass is 516 g/mol. The fourth-order valence-corrected chi connectivity index (χ4v) is 3.89. The van der Waals surface area contributed by atoms with Crippen LogP contribution in [0.15, 0.2) is 59.4 Å². The standard InChI is InChI=1S/C26H20ClF3N2O4/c1-34-21-11-15(12-22(35-2)24(21)36-3)7-10-23-31-20-14-17(27)8-9-19(20)25(33)32(23)18-6-4-5-16(13-18)26(28,29)30/h4-14H,1-3H3/b10-7+. The average molecular weight is 517 g/mol. The molecular formula is C26H20ClF3N2O4. The Morgan fingerprint density at radius 3 is 2.22 bits per heavy atom. The van der Waals surface area contributed by atoms with Crippen LogP contribution in [0.2, 0.25) is 5.02 Å². The zero-order valence-electron chi connectivity index (χ0n) is 19.4. The van der Waals surface area contributed by atoms with E-state index in [1.54, 1.807) is 18.2 Å². The van der Waals surface area contributed by atoms with E-state index in [1.165, 1.54) is 57.7 Å². The highest BCUT2D eigenvalue weighted by Gasteiger charge is 2.30. The molecule has 4 rings (SSSR count). The van der Waals surface area contributed by atoms with E-state index in [2.05, 4.69) is 4.98 Å². The van der Waals surface area contributed by atoms with Crippen LogP contribution in [-0.2, 0) is 6.18 Å². The molecule has 0 saturated heterocycles. The van der Waals surface area contributed by atoms with E-state index >= 15 is 0 Å². The Morgan fingerprint density at radius 2 is 1.61 bits per heavy atom. The normalized spacial score (nSPS) is 11.8. The molecule has 0 amide bonds. The molecule has 0 N–H and O–H groups in total. The minimum Gasteiger partial charge on any atom is -0.493 e. The molecule has 36 heavy (non-hydrogen) atoms. The van der Waals surface area contributed by atoms with E-state index in [9.17, 15) is 18.0 Å². The summed E-state index contributed by atoms with van der Waals surface area (Å²) < 4.78 is 57.4. The smallest absolute Gasteiger partial charge is 0.416 e. The second-order valence-electron chi connectivity index (χ2n) is 7.61. The molecular weight excluding hydrogens is 497 g/mol. The van der Waals surface area contributed by atoms with Gasteiger partial charge in [-0.2, -0.15) is 13.2 Å². The zero-order chi connectivity index (χ0) is 26.0. The van der Waals surface area contributed by atoms with Crippen molar-refractivity contribution in [1.82, 2.24) is 9.55 Å². The molecule has 0 aliphatic carbocycles. The summed E-state index contributed by atoms with van der Waals surface area (Å²) in [6, 6.07) is 12.4. The molecule has 0 aliphatic rings. The van der Waals surface area contributed by atoms with Crippen LogP contribution in [-0.4, -0.2) is 30.9 Å². The van der Waals surface area contributed by atoms with Crippen molar-refractivity contribution in [2.24, 2.45) is 0 Å². The quantitative estimate of drug-likeness (QED) is 0.303. The first-order valence-corrected chi connectivity index (χ1v) is 10.9. The lowest BCUT2D eigenvalue weighted by atomic mass is 10.1. The Bertz CT molecular complexity index is 1510. The van der Waals surface area contributed by atoms with Crippen molar-refractivity contribution >= 4 is 34.7 Å². The fourth-order valence-electron chi connectivity index (χ4n) is 3.73. The lowest BCUT2D eigenvalue weighted by Crippen LogP contribution is -2.22. The van der Waals surface area contributed by atoms with Gasteiger partial charge in [-0.25, -0.2) is 4.98 Å². The SMILES string of the molecule is COc1cc(/C=C/c2nc3cc(Cl)ccc3c(=O)n2-c2cccc(C(F)(F)F)c2)cc(OC)c1OC. The number of rotatable bonds is 6. The van der Waals surface area contributed by atoms with Gasteiger partial charge in [0, 0.05) is 5.02 Å². The molecule has 0 atom stereocenters. The minimum atomic E-state index is -4.58. The van der Waals surface area contributed by atoms with Crippen molar-refractivity contribution in [3.05, 3.63) is 86.9 Å². The summed E-state index contributed by atoms with van der Waals surface area (Å²) in [5, 5.41) is 0.576. The maximum atomic E-state index is 13.4. The highest BCUT2D eigenvalue weighted by molar-refractivity contribution is 6.31. The third kappa shape index (κ3) is 4.87. The number of methoxy groups -OCH3 is 3. The van der Waals surface area contributed by atoms with E-state index in [1.807, 2.05) is 0 Å². The molecule has 0 spiro atoms. The summed E-state index contributed by atoms with van der Waals surface area (Å²) in [5.74, 6) is 1.31. The van der Waals surface area contributed by atoms with Gasteiger partial charge in [-0.3, -0.25) is 9.36 Å². The van der Waals surface area contributed by atoms with Gasteiger partial charge in [0.05, 0.1) is 43.5 Å². The topological polar surface area (TPSA) is 62.6 Å². The second-order valence-corrected chi connectivity index (χ2v) is 8.05. The number of benzene rings is 3. The van der Waals surface area contributed by atoms with Crippen molar-refractivity contribution < 1.29 is 27.4 Å². The predicted octanol–water partition coefficient (Wildman–Crippen LogP) is 6.25. The van der Waals surface area contributed by atoms with Gasteiger partial charge in [0.25, 0.3) is 5.56 Å². The van der Waals surface area contributed by atoms with Crippen molar-refractivity contribution in [2.75, 3.05) is 21.3 Å². The highest BCUT2D eigenvalue weighted by atomic mass is 35.5. The molecule has 3 aromatic carbocycles. The van der Waals surface area contributed by atoms with E-state index in [4.69, 9.17) is 25.8 Å². The minimum absolute atomic E-state index is 0.0173. The lowest BCUT2D eigenvalue weighted by molar-refractivity contribution is -0.137. The highest BCUT2D eigenvalue weighted by Crippen LogP contribution is 2.38. The van der Waals surface area contributed by atoms with Crippen LogP contribution in [0.25, 0.3) is 28.7 Å². The van der Waals surface area contributed by atoms with Crippen molar-refractivity contribution in [2.45, 2.75) is 6.18 Å². The van der Waals surface area contributed by atoms with E-state index in [0.29, 0.717) is 33.4 Å². The maximum absolute atomic E-state index is 13.4. The van der Waals surface area contributed by atoms with Gasteiger partial charge in [0.15, 0.2) is 11.5 Å². The summed E-state index contributed by atoms with van der Waals surface area (Å²) in [6.45, 7) is 0. The third-order valence-electron chi connectivity index (χ3n) is 5.40. The first-order valence-electron chi connectivity index (χ1n) is 10.5. The molecule has 0 unspecified atom stereocenters. The van der Waals surface area contributed by atoms with Gasteiger partial charge in [-0.15, -0.1) is 0 Å². The number of nitrogens with zero attached hydrogens (tertiary/aromatic N) is 2. The number of halogens is 4. The van der Waals surface area contributed by atoms with Crippen LogP contribution in [0.5, 0.6) is 17.2 Å². The number of ether oxygens (including phenoxy) is 3.